The largest absolute Gasteiger partial charge is 0.497 e. The predicted molar refractivity (Wildman–Crippen MR) is 91.7 cm³/mol. The molecule has 7 nitrogen and oxygen atoms in total. The zero-order valence-electron chi connectivity index (χ0n) is 14.2. The van der Waals surface area contributed by atoms with Gasteiger partial charge in [-0.15, -0.1) is 0 Å². The number of imidazole rings is 1. The van der Waals surface area contributed by atoms with Crippen LogP contribution >= 0.6 is 0 Å². The van der Waals surface area contributed by atoms with Crippen LogP contribution in [-0.4, -0.2) is 26.2 Å². The van der Waals surface area contributed by atoms with E-state index < -0.39 is 11.2 Å². The Morgan fingerprint density at radius 2 is 1.83 bits per heavy atom. The number of nitrogens with one attached hydrogen (secondary N) is 1. The van der Waals surface area contributed by atoms with Crippen LogP contribution < -0.4 is 16.0 Å². The van der Waals surface area contributed by atoms with Crippen LogP contribution in [-0.2, 0) is 12.1 Å². The highest BCUT2D eigenvalue weighted by Crippen LogP contribution is 2.15. The van der Waals surface area contributed by atoms with Gasteiger partial charge in [-0.3, -0.25) is 14.3 Å². The molecule has 0 saturated heterocycles. The van der Waals surface area contributed by atoms with Crippen molar-refractivity contribution in [3.8, 4) is 5.75 Å². The summed E-state index contributed by atoms with van der Waals surface area (Å²) in [4.78, 5) is 31.9. The van der Waals surface area contributed by atoms with Crippen LogP contribution in [0.15, 0.2) is 40.2 Å². The van der Waals surface area contributed by atoms with E-state index in [1.807, 2.05) is 45.0 Å². The van der Waals surface area contributed by atoms with Gasteiger partial charge in [-0.25, -0.2) is 9.78 Å². The number of hydrogen-bond donors (Lipinski definition) is 1. The van der Waals surface area contributed by atoms with Gasteiger partial charge in [-0.1, -0.05) is 12.1 Å². The maximum atomic E-state index is 12.8. The van der Waals surface area contributed by atoms with Gasteiger partial charge >= 0.3 is 5.69 Å². The minimum absolute atomic E-state index is 0.305. The van der Waals surface area contributed by atoms with Crippen molar-refractivity contribution in [2.45, 2.75) is 32.9 Å². The summed E-state index contributed by atoms with van der Waals surface area (Å²) in [5.74, 6) is 0.772. The van der Waals surface area contributed by atoms with Crippen molar-refractivity contribution < 1.29 is 4.74 Å². The van der Waals surface area contributed by atoms with Gasteiger partial charge in [0.15, 0.2) is 11.2 Å². The maximum Gasteiger partial charge on any atom is 0.330 e. The standard InChI is InChI=1S/C17H20N4O3/c1-17(2,3)21-15(22)13-14(19-16(21)23)18-10-20(13)9-11-5-7-12(24-4)8-6-11/h5-8,10H,9H2,1-4H3,(H,19,23). The number of aromatic nitrogens is 4. The molecule has 1 N–H and O–H groups in total. The minimum atomic E-state index is -0.617. The lowest BCUT2D eigenvalue weighted by Gasteiger charge is -2.20. The third kappa shape index (κ3) is 2.73. The number of ether oxygens (including phenoxy) is 1. The first-order chi connectivity index (χ1) is 11.3. The van der Waals surface area contributed by atoms with E-state index in [4.69, 9.17) is 4.74 Å². The van der Waals surface area contributed by atoms with Crippen molar-refractivity contribution in [2.24, 2.45) is 0 Å². The number of aromatic amines is 1. The fourth-order valence-electron chi connectivity index (χ4n) is 2.71. The van der Waals surface area contributed by atoms with Crippen molar-refractivity contribution in [3.63, 3.8) is 0 Å². The molecule has 0 spiro atoms. The summed E-state index contributed by atoms with van der Waals surface area (Å²) in [6, 6.07) is 7.59. The average molecular weight is 328 g/mol. The minimum Gasteiger partial charge on any atom is -0.497 e. The van der Waals surface area contributed by atoms with Crippen LogP contribution in [0.3, 0.4) is 0 Å². The molecule has 0 aliphatic heterocycles. The topological polar surface area (TPSA) is 81.9 Å². The molecular weight excluding hydrogens is 308 g/mol. The molecule has 126 valence electrons. The molecule has 1 aromatic carbocycles. The summed E-state index contributed by atoms with van der Waals surface area (Å²) in [6.07, 6.45) is 1.57. The van der Waals surface area contributed by atoms with E-state index in [9.17, 15) is 9.59 Å². The van der Waals surface area contributed by atoms with Crippen molar-refractivity contribution in [1.29, 1.82) is 0 Å². The van der Waals surface area contributed by atoms with Crippen LogP contribution in [0.25, 0.3) is 11.2 Å². The first kappa shape index (κ1) is 16.0. The Balaban J connectivity index is 2.12. The van der Waals surface area contributed by atoms with E-state index in [1.165, 1.54) is 4.57 Å². The van der Waals surface area contributed by atoms with Crippen molar-refractivity contribution in [2.75, 3.05) is 7.11 Å². The Morgan fingerprint density at radius 3 is 2.42 bits per heavy atom. The molecule has 0 bridgehead atoms. The Labute approximate surface area is 138 Å². The second-order valence-corrected chi connectivity index (χ2v) is 6.66. The normalized spacial score (nSPS) is 11.8. The number of hydrogen-bond acceptors (Lipinski definition) is 4. The number of fused-ring (bicyclic) bond motifs is 1. The molecule has 0 atom stereocenters. The molecule has 2 heterocycles. The van der Waals surface area contributed by atoms with E-state index in [1.54, 1.807) is 18.0 Å². The molecule has 0 amide bonds. The molecule has 0 fully saturated rings. The van der Waals surface area contributed by atoms with Gasteiger partial charge in [0, 0.05) is 12.1 Å². The smallest absolute Gasteiger partial charge is 0.330 e. The Morgan fingerprint density at radius 1 is 1.17 bits per heavy atom. The summed E-state index contributed by atoms with van der Waals surface area (Å²) in [7, 11) is 1.61. The second-order valence-electron chi connectivity index (χ2n) is 6.66. The summed E-state index contributed by atoms with van der Waals surface area (Å²) in [5.41, 5.74) is 0.290. The van der Waals surface area contributed by atoms with Crippen LogP contribution in [0.4, 0.5) is 0 Å². The lowest BCUT2D eigenvalue weighted by atomic mass is 10.1. The fraction of sp³-hybridized carbons (Fsp3) is 0.353. The number of nitrogens with zero attached hydrogens (tertiary/aromatic N) is 3. The zero-order valence-corrected chi connectivity index (χ0v) is 14.2. The number of benzene rings is 1. The first-order valence-corrected chi connectivity index (χ1v) is 7.65. The van der Waals surface area contributed by atoms with Crippen LogP contribution in [0.5, 0.6) is 5.75 Å². The average Bonchev–Trinajstić information content (AvgIpc) is 2.89. The van der Waals surface area contributed by atoms with E-state index >= 15 is 0 Å². The lowest BCUT2D eigenvalue weighted by Crippen LogP contribution is -2.45. The van der Waals surface area contributed by atoms with Gasteiger partial charge in [0.05, 0.1) is 13.4 Å². The van der Waals surface area contributed by atoms with Crippen LogP contribution in [0.2, 0.25) is 0 Å². The van der Waals surface area contributed by atoms with E-state index in [-0.39, 0.29) is 5.56 Å². The Bertz CT molecular complexity index is 988. The van der Waals surface area contributed by atoms with Gasteiger partial charge < -0.3 is 9.30 Å². The molecule has 0 aliphatic carbocycles. The highest BCUT2D eigenvalue weighted by Gasteiger charge is 2.22. The fourth-order valence-corrected chi connectivity index (χ4v) is 2.71. The Hall–Kier alpha value is -2.83. The number of methoxy groups -OCH3 is 1. The highest BCUT2D eigenvalue weighted by atomic mass is 16.5. The molecule has 0 radical (unpaired) electrons. The quantitative estimate of drug-likeness (QED) is 0.793. The molecular formula is C17H20N4O3. The highest BCUT2D eigenvalue weighted by molar-refractivity contribution is 5.69. The van der Waals surface area contributed by atoms with Crippen molar-refractivity contribution >= 4 is 11.2 Å². The number of H-pyrrole nitrogens is 1. The SMILES string of the molecule is COc1ccc(Cn2cnc3[nH]c(=O)n(C(C)(C)C)c(=O)c32)cc1. The zero-order chi connectivity index (χ0) is 17.5. The van der Waals surface area contributed by atoms with Gasteiger partial charge in [0.1, 0.15) is 5.75 Å². The molecule has 3 rings (SSSR count). The Kier molecular flexibility index (Phi) is 3.79. The summed E-state index contributed by atoms with van der Waals surface area (Å²) >= 11 is 0. The van der Waals surface area contributed by atoms with Crippen LogP contribution in [0, 0.1) is 0 Å². The molecule has 7 heteroatoms. The van der Waals surface area contributed by atoms with E-state index in [2.05, 4.69) is 9.97 Å². The van der Waals surface area contributed by atoms with E-state index in [0.717, 1.165) is 11.3 Å². The molecule has 2 aromatic heterocycles. The van der Waals surface area contributed by atoms with Crippen molar-refractivity contribution in [1.82, 2.24) is 19.1 Å². The van der Waals surface area contributed by atoms with Gasteiger partial charge in [0.2, 0.25) is 0 Å². The lowest BCUT2D eigenvalue weighted by molar-refractivity contribution is 0.369. The van der Waals surface area contributed by atoms with E-state index in [0.29, 0.717) is 17.7 Å². The first-order valence-electron chi connectivity index (χ1n) is 7.65. The summed E-state index contributed by atoms with van der Waals surface area (Å²) in [5, 5.41) is 0. The summed E-state index contributed by atoms with van der Waals surface area (Å²) in [6.45, 7) is 5.94. The van der Waals surface area contributed by atoms with Gasteiger partial charge in [-0.05, 0) is 38.5 Å². The maximum absolute atomic E-state index is 12.8. The molecule has 24 heavy (non-hydrogen) atoms. The van der Waals surface area contributed by atoms with Crippen molar-refractivity contribution in [3.05, 3.63) is 57.0 Å². The molecule has 0 unspecified atom stereocenters. The number of rotatable bonds is 3. The third-order valence-corrected chi connectivity index (χ3v) is 3.85. The predicted octanol–water partition coefficient (Wildman–Crippen LogP) is 1.70. The van der Waals surface area contributed by atoms with Gasteiger partial charge in [0.25, 0.3) is 5.56 Å². The third-order valence-electron chi connectivity index (χ3n) is 3.85. The second kappa shape index (κ2) is 5.67. The summed E-state index contributed by atoms with van der Waals surface area (Å²) < 4.78 is 8.12. The van der Waals surface area contributed by atoms with Gasteiger partial charge in [-0.2, -0.15) is 0 Å². The monoisotopic (exact) mass is 328 g/mol. The van der Waals surface area contributed by atoms with Crippen LogP contribution in [0.1, 0.15) is 26.3 Å². The molecule has 0 aliphatic rings. The molecule has 3 aromatic rings. The molecule has 0 saturated carbocycles.